The molecule has 1 aromatic heterocycles. The van der Waals surface area contributed by atoms with E-state index in [9.17, 15) is 4.79 Å². The van der Waals surface area contributed by atoms with Gasteiger partial charge in [-0.15, -0.1) is 11.3 Å². The van der Waals surface area contributed by atoms with Gasteiger partial charge in [0.1, 0.15) is 0 Å². The lowest BCUT2D eigenvalue weighted by Crippen LogP contribution is -2.31. The number of carbonyl (C=O) groups is 1. The zero-order valence-electron chi connectivity index (χ0n) is 11.7. The van der Waals surface area contributed by atoms with Crippen molar-refractivity contribution in [3.05, 3.63) is 15.6 Å². The summed E-state index contributed by atoms with van der Waals surface area (Å²) >= 11 is 1.70. The maximum absolute atomic E-state index is 11.4. The van der Waals surface area contributed by atoms with E-state index >= 15 is 0 Å². The Labute approximate surface area is 113 Å². The van der Waals surface area contributed by atoms with E-state index in [1.54, 1.807) is 11.3 Å². The molecule has 1 aromatic rings. The minimum atomic E-state index is -0.151. The molecule has 0 saturated carbocycles. The first-order valence-corrected chi connectivity index (χ1v) is 7.11. The van der Waals surface area contributed by atoms with Crippen LogP contribution in [0.4, 0.5) is 0 Å². The number of carbonyl (C=O) groups excluding carboxylic acids is 1. The first kappa shape index (κ1) is 15.1. The van der Waals surface area contributed by atoms with Gasteiger partial charge in [-0.2, -0.15) is 0 Å². The summed E-state index contributed by atoms with van der Waals surface area (Å²) in [5, 5.41) is 4.49. The third-order valence-electron chi connectivity index (χ3n) is 2.65. The fraction of sp³-hybridized carbons (Fsp3) is 0.692. The van der Waals surface area contributed by atoms with Gasteiger partial charge in [0.15, 0.2) is 0 Å². The van der Waals surface area contributed by atoms with E-state index in [0.717, 1.165) is 10.7 Å². The summed E-state index contributed by atoms with van der Waals surface area (Å²) in [6.45, 7) is 10.4. The van der Waals surface area contributed by atoms with Gasteiger partial charge < -0.3 is 10.1 Å². The number of nitrogens with zero attached hydrogens (tertiary/aromatic N) is 1. The smallest absolute Gasteiger partial charge is 0.307 e. The van der Waals surface area contributed by atoms with Gasteiger partial charge in [-0.05, 0) is 34.6 Å². The van der Waals surface area contributed by atoms with Crippen molar-refractivity contribution in [2.24, 2.45) is 0 Å². The van der Waals surface area contributed by atoms with Crippen LogP contribution in [0.3, 0.4) is 0 Å². The summed E-state index contributed by atoms with van der Waals surface area (Å²) in [6.07, 6.45) is 0.398. The number of aryl methyl sites for hydroxylation is 2. The van der Waals surface area contributed by atoms with E-state index in [-0.39, 0.29) is 18.1 Å². The predicted octanol–water partition coefficient (Wildman–Crippen LogP) is 2.75. The molecule has 0 bridgehead atoms. The molecule has 0 aliphatic carbocycles. The summed E-state index contributed by atoms with van der Waals surface area (Å²) in [4.78, 5) is 17.0. The zero-order chi connectivity index (χ0) is 13.7. The first-order chi connectivity index (χ1) is 8.43. The van der Waals surface area contributed by atoms with Crippen molar-refractivity contribution in [3.63, 3.8) is 0 Å². The SMILES string of the molecule is CCOC(=O)CC(C)NC(C)c1sc(C)nc1C. The molecular formula is C13H22N2O2S. The molecule has 5 heteroatoms. The van der Waals surface area contributed by atoms with E-state index in [4.69, 9.17) is 4.74 Å². The summed E-state index contributed by atoms with van der Waals surface area (Å²) < 4.78 is 4.94. The molecule has 2 atom stereocenters. The van der Waals surface area contributed by atoms with Crippen LogP contribution in [0.15, 0.2) is 0 Å². The normalized spacial score (nSPS) is 14.3. The van der Waals surface area contributed by atoms with Crippen molar-refractivity contribution >= 4 is 17.3 Å². The largest absolute Gasteiger partial charge is 0.466 e. The number of aromatic nitrogens is 1. The average Bonchev–Trinajstić information content (AvgIpc) is 2.57. The quantitative estimate of drug-likeness (QED) is 0.808. The van der Waals surface area contributed by atoms with Crippen LogP contribution in [0, 0.1) is 13.8 Å². The van der Waals surface area contributed by atoms with Crippen LogP contribution in [-0.4, -0.2) is 23.6 Å². The summed E-state index contributed by atoms with van der Waals surface area (Å²) in [7, 11) is 0. The van der Waals surface area contributed by atoms with Gasteiger partial charge in [0.2, 0.25) is 0 Å². The fourth-order valence-electron chi connectivity index (χ4n) is 1.98. The average molecular weight is 270 g/mol. The highest BCUT2D eigenvalue weighted by molar-refractivity contribution is 7.11. The fourth-order valence-corrected chi connectivity index (χ4v) is 2.92. The Balaban J connectivity index is 2.51. The predicted molar refractivity (Wildman–Crippen MR) is 73.9 cm³/mol. The molecule has 4 nitrogen and oxygen atoms in total. The Morgan fingerprint density at radius 2 is 2.11 bits per heavy atom. The number of esters is 1. The van der Waals surface area contributed by atoms with Crippen LogP contribution in [0.5, 0.6) is 0 Å². The van der Waals surface area contributed by atoms with Gasteiger partial charge in [0.05, 0.1) is 23.7 Å². The van der Waals surface area contributed by atoms with Crippen LogP contribution in [0.25, 0.3) is 0 Å². The number of thiazole rings is 1. The zero-order valence-corrected chi connectivity index (χ0v) is 12.6. The third-order valence-corrected chi connectivity index (χ3v) is 3.90. The van der Waals surface area contributed by atoms with Crippen molar-refractivity contribution in [3.8, 4) is 0 Å². The molecule has 0 aromatic carbocycles. The number of rotatable bonds is 6. The van der Waals surface area contributed by atoms with Crippen molar-refractivity contribution in [2.75, 3.05) is 6.61 Å². The number of nitrogens with one attached hydrogen (secondary N) is 1. The van der Waals surface area contributed by atoms with Crippen molar-refractivity contribution in [2.45, 2.75) is 53.1 Å². The molecule has 18 heavy (non-hydrogen) atoms. The summed E-state index contributed by atoms with van der Waals surface area (Å²) in [5.41, 5.74) is 1.07. The number of ether oxygens (including phenoxy) is 1. The lowest BCUT2D eigenvalue weighted by Gasteiger charge is -2.18. The molecule has 2 unspecified atom stereocenters. The molecule has 102 valence electrons. The van der Waals surface area contributed by atoms with Gasteiger partial charge in [-0.3, -0.25) is 4.79 Å². The minimum Gasteiger partial charge on any atom is -0.466 e. The van der Waals surface area contributed by atoms with E-state index in [1.807, 2.05) is 27.7 Å². The van der Waals surface area contributed by atoms with Gasteiger partial charge in [-0.25, -0.2) is 4.98 Å². The second-order valence-electron chi connectivity index (χ2n) is 4.48. The Hall–Kier alpha value is -0.940. The van der Waals surface area contributed by atoms with Gasteiger partial charge in [0, 0.05) is 17.0 Å². The first-order valence-electron chi connectivity index (χ1n) is 6.29. The minimum absolute atomic E-state index is 0.0980. The molecular weight excluding hydrogens is 248 g/mol. The molecule has 0 spiro atoms. The van der Waals surface area contributed by atoms with Crippen LogP contribution in [0.2, 0.25) is 0 Å². The number of hydrogen-bond donors (Lipinski definition) is 1. The second kappa shape index (κ2) is 6.85. The highest BCUT2D eigenvalue weighted by Crippen LogP contribution is 2.24. The third kappa shape index (κ3) is 4.38. The van der Waals surface area contributed by atoms with Crippen LogP contribution >= 0.6 is 11.3 Å². The standard InChI is InChI=1S/C13H22N2O2S/c1-6-17-12(16)7-8(2)14-9(3)13-10(4)15-11(5)18-13/h8-9,14H,6-7H2,1-5H3. The number of hydrogen-bond acceptors (Lipinski definition) is 5. The van der Waals surface area contributed by atoms with E-state index in [2.05, 4.69) is 17.2 Å². The topological polar surface area (TPSA) is 51.2 Å². The Kier molecular flexibility index (Phi) is 5.75. The molecule has 0 saturated heterocycles. The van der Waals surface area contributed by atoms with Gasteiger partial charge >= 0.3 is 5.97 Å². The lowest BCUT2D eigenvalue weighted by atomic mass is 10.1. The summed E-state index contributed by atoms with van der Waals surface area (Å²) in [6, 6.07) is 0.307. The van der Waals surface area contributed by atoms with Crippen LogP contribution in [-0.2, 0) is 9.53 Å². The van der Waals surface area contributed by atoms with Gasteiger partial charge in [-0.1, -0.05) is 0 Å². The monoisotopic (exact) mass is 270 g/mol. The Morgan fingerprint density at radius 3 is 2.61 bits per heavy atom. The molecule has 0 fully saturated rings. The molecule has 1 rings (SSSR count). The molecule has 0 radical (unpaired) electrons. The Bertz CT molecular complexity index is 404. The van der Waals surface area contributed by atoms with Crippen molar-refractivity contribution in [1.82, 2.24) is 10.3 Å². The van der Waals surface area contributed by atoms with E-state index in [1.165, 1.54) is 4.88 Å². The second-order valence-corrected chi connectivity index (χ2v) is 5.72. The molecule has 0 amide bonds. The Morgan fingerprint density at radius 1 is 1.44 bits per heavy atom. The highest BCUT2D eigenvalue weighted by atomic mass is 32.1. The van der Waals surface area contributed by atoms with E-state index in [0.29, 0.717) is 13.0 Å². The lowest BCUT2D eigenvalue weighted by molar-refractivity contribution is -0.143. The van der Waals surface area contributed by atoms with Crippen molar-refractivity contribution in [1.29, 1.82) is 0 Å². The maximum Gasteiger partial charge on any atom is 0.307 e. The maximum atomic E-state index is 11.4. The van der Waals surface area contributed by atoms with Crippen LogP contribution in [0.1, 0.15) is 48.8 Å². The molecule has 1 heterocycles. The van der Waals surface area contributed by atoms with Crippen LogP contribution < -0.4 is 5.32 Å². The molecule has 0 aliphatic heterocycles. The van der Waals surface area contributed by atoms with Crippen molar-refractivity contribution < 1.29 is 9.53 Å². The molecule has 0 aliphatic rings. The van der Waals surface area contributed by atoms with E-state index < -0.39 is 0 Å². The highest BCUT2D eigenvalue weighted by Gasteiger charge is 2.17. The molecule has 1 N–H and O–H groups in total. The summed E-state index contributed by atoms with van der Waals surface area (Å²) in [5.74, 6) is -0.151. The van der Waals surface area contributed by atoms with Gasteiger partial charge in [0.25, 0.3) is 0 Å².